The topological polar surface area (TPSA) is 60.9 Å². The molecule has 18 heavy (non-hydrogen) atoms. The minimum atomic E-state index is 0.367. The molecule has 1 aromatic heterocycles. The molecule has 4 heteroatoms. The van der Waals surface area contributed by atoms with E-state index < -0.39 is 0 Å². The number of phenols is 1. The Morgan fingerprint density at radius 1 is 1.44 bits per heavy atom. The van der Waals surface area contributed by atoms with E-state index in [1.54, 1.807) is 12.4 Å². The molecule has 0 bridgehead atoms. The van der Waals surface area contributed by atoms with E-state index in [0.717, 1.165) is 31.5 Å². The number of fused-ring (bicyclic) bond motifs is 1. The Morgan fingerprint density at radius 3 is 3.22 bits per heavy atom. The molecule has 0 fully saturated rings. The zero-order valence-electron chi connectivity index (χ0n) is 10.2. The van der Waals surface area contributed by atoms with Gasteiger partial charge in [-0.2, -0.15) is 0 Å². The molecule has 1 aliphatic rings. The van der Waals surface area contributed by atoms with Crippen LogP contribution in [0, 0.1) is 0 Å². The number of rotatable bonds is 4. The summed E-state index contributed by atoms with van der Waals surface area (Å²) >= 11 is 0. The molecule has 3 N–H and O–H groups in total. The lowest BCUT2D eigenvalue weighted by molar-refractivity contribution is 0.474. The summed E-state index contributed by atoms with van der Waals surface area (Å²) in [6, 6.07) is 6.11. The lowest BCUT2D eigenvalue weighted by atomic mass is 10.1. The van der Waals surface area contributed by atoms with Crippen molar-refractivity contribution in [2.45, 2.75) is 25.3 Å². The molecule has 1 atom stereocenters. The second-order valence-electron chi connectivity index (χ2n) is 4.76. The van der Waals surface area contributed by atoms with Crippen LogP contribution in [0.4, 0.5) is 0 Å². The molecule has 0 saturated heterocycles. The summed E-state index contributed by atoms with van der Waals surface area (Å²) < 4.78 is 0. The second-order valence-corrected chi connectivity index (χ2v) is 4.76. The van der Waals surface area contributed by atoms with Crippen molar-refractivity contribution < 1.29 is 5.11 Å². The van der Waals surface area contributed by atoms with Gasteiger partial charge in [0.1, 0.15) is 5.75 Å². The lowest BCUT2D eigenvalue weighted by Gasteiger charge is -2.13. The number of aryl methyl sites for hydroxylation is 1. The van der Waals surface area contributed by atoms with Crippen LogP contribution < -0.4 is 5.32 Å². The minimum absolute atomic E-state index is 0.367. The van der Waals surface area contributed by atoms with Crippen molar-refractivity contribution in [1.82, 2.24) is 15.3 Å². The fourth-order valence-corrected chi connectivity index (χ4v) is 2.62. The zero-order valence-corrected chi connectivity index (χ0v) is 10.2. The third-order valence-electron chi connectivity index (χ3n) is 3.54. The molecule has 0 amide bonds. The largest absolute Gasteiger partial charge is 0.508 e. The summed E-state index contributed by atoms with van der Waals surface area (Å²) in [5.74, 6) is 0.367. The number of aromatic amines is 1. The van der Waals surface area contributed by atoms with Crippen molar-refractivity contribution in [3.05, 3.63) is 47.5 Å². The molecule has 0 saturated carbocycles. The normalized spacial score (nSPS) is 17.9. The first-order chi connectivity index (χ1) is 8.83. The fraction of sp³-hybridized carbons (Fsp3) is 0.357. The number of hydrogen-bond acceptors (Lipinski definition) is 3. The first kappa shape index (κ1) is 11.3. The van der Waals surface area contributed by atoms with Crippen LogP contribution in [0.1, 0.15) is 29.3 Å². The molecule has 1 unspecified atom stereocenters. The Bertz CT molecular complexity index is 522. The standard InChI is InChI=1S/C14H17N3O/c18-12-2-3-13-10(7-12)1-4-14(13)16-6-5-11-8-15-9-17-11/h2-3,7-9,14,16,18H,1,4-6H2,(H,15,17). The van der Waals surface area contributed by atoms with E-state index in [1.807, 2.05) is 18.3 Å². The van der Waals surface area contributed by atoms with Gasteiger partial charge >= 0.3 is 0 Å². The van der Waals surface area contributed by atoms with Gasteiger partial charge in [0.25, 0.3) is 0 Å². The van der Waals surface area contributed by atoms with Crippen molar-refractivity contribution >= 4 is 0 Å². The van der Waals surface area contributed by atoms with Crippen LogP contribution in [0.15, 0.2) is 30.7 Å². The molecule has 1 heterocycles. The van der Waals surface area contributed by atoms with Crippen molar-refractivity contribution in [2.75, 3.05) is 6.54 Å². The van der Waals surface area contributed by atoms with E-state index in [4.69, 9.17) is 0 Å². The van der Waals surface area contributed by atoms with Gasteiger partial charge in [0.05, 0.1) is 6.33 Å². The Labute approximate surface area is 106 Å². The molecule has 2 aromatic rings. The number of benzene rings is 1. The summed E-state index contributed by atoms with van der Waals surface area (Å²) in [5.41, 5.74) is 3.76. The number of aromatic hydroxyl groups is 1. The molecule has 94 valence electrons. The van der Waals surface area contributed by atoms with E-state index in [2.05, 4.69) is 15.3 Å². The van der Waals surface area contributed by atoms with Gasteiger partial charge in [-0.3, -0.25) is 0 Å². The third-order valence-corrected chi connectivity index (χ3v) is 3.54. The van der Waals surface area contributed by atoms with Gasteiger partial charge in [0, 0.05) is 30.9 Å². The number of nitrogens with one attached hydrogen (secondary N) is 2. The molecule has 1 aromatic carbocycles. The van der Waals surface area contributed by atoms with Gasteiger partial charge in [0.2, 0.25) is 0 Å². The predicted molar refractivity (Wildman–Crippen MR) is 69.5 cm³/mol. The van der Waals surface area contributed by atoms with Crippen LogP contribution in [0.25, 0.3) is 0 Å². The average molecular weight is 243 g/mol. The van der Waals surface area contributed by atoms with Crippen LogP contribution >= 0.6 is 0 Å². The third kappa shape index (κ3) is 2.24. The Morgan fingerprint density at radius 2 is 2.39 bits per heavy atom. The number of imidazole rings is 1. The molecule has 1 aliphatic carbocycles. The number of nitrogens with zero attached hydrogens (tertiary/aromatic N) is 1. The van der Waals surface area contributed by atoms with E-state index in [-0.39, 0.29) is 0 Å². The Kier molecular flexibility index (Phi) is 3.02. The first-order valence-corrected chi connectivity index (χ1v) is 6.35. The maximum atomic E-state index is 9.45. The maximum Gasteiger partial charge on any atom is 0.115 e. The Hall–Kier alpha value is -1.81. The molecule has 3 rings (SSSR count). The molecule has 0 spiro atoms. The number of H-pyrrole nitrogens is 1. The SMILES string of the molecule is Oc1ccc2c(c1)CCC2NCCc1cnc[nH]1. The molecule has 0 aliphatic heterocycles. The van der Waals surface area contributed by atoms with Crippen molar-refractivity contribution in [2.24, 2.45) is 0 Å². The van der Waals surface area contributed by atoms with Crippen molar-refractivity contribution in [1.29, 1.82) is 0 Å². The lowest BCUT2D eigenvalue weighted by Crippen LogP contribution is -2.21. The smallest absolute Gasteiger partial charge is 0.115 e. The van der Waals surface area contributed by atoms with Crippen LogP contribution in [0.3, 0.4) is 0 Å². The van der Waals surface area contributed by atoms with Crippen LogP contribution in [0.2, 0.25) is 0 Å². The molecular formula is C14H17N3O. The number of hydrogen-bond donors (Lipinski definition) is 3. The van der Waals surface area contributed by atoms with E-state index in [9.17, 15) is 5.11 Å². The van der Waals surface area contributed by atoms with Crippen LogP contribution in [0.5, 0.6) is 5.75 Å². The number of aromatic nitrogens is 2. The van der Waals surface area contributed by atoms with Gasteiger partial charge in [-0.1, -0.05) is 6.07 Å². The summed E-state index contributed by atoms with van der Waals surface area (Å²) in [4.78, 5) is 7.11. The summed E-state index contributed by atoms with van der Waals surface area (Å²) in [7, 11) is 0. The molecule has 0 radical (unpaired) electrons. The minimum Gasteiger partial charge on any atom is -0.508 e. The van der Waals surface area contributed by atoms with Crippen LogP contribution in [-0.4, -0.2) is 21.6 Å². The van der Waals surface area contributed by atoms with Gasteiger partial charge in [0.15, 0.2) is 0 Å². The van der Waals surface area contributed by atoms with Gasteiger partial charge in [-0.05, 0) is 36.1 Å². The first-order valence-electron chi connectivity index (χ1n) is 6.35. The quantitative estimate of drug-likeness (QED) is 0.769. The highest BCUT2D eigenvalue weighted by Gasteiger charge is 2.21. The second kappa shape index (κ2) is 4.82. The number of phenolic OH excluding ortho intramolecular Hbond substituents is 1. The average Bonchev–Trinajstić information content (AvgIpc) is 2.99. The molecule has 4 nitrogen and oxygen atoms in total. The highest BCUT2D eigenvalue weighted by molar-refractivity contribution is 5.40. The van der Waals surface area contributed by atoms with E-state index in [1.165, 1.54) is 11.1 Å². The van der Waals surface area contributed by atoms with Crippen molar-refractivity contribution in [3.63, 3.8) is 0 Å². The van der Waals surface area contributed by atoms with Gasteiger partial charge in [-0.25, -0.2) is 4.98 Å². The van der Waals surface area contributed by atoms with Crippen LogP contribution in [-0.2, 0) is 12.8 Å². The van der Waals surface area contributed by atoms with Gasteiger partial charge < -0.3 is 15.4 Å². The predicted octanol–water partition coefficient (Wildman–Crippen LogP) is 1.93. The molecular weight excluding hydrogens is 226 g/mol. The zero-order chi connectivity index (χ0) is 12.4. The fourth-order valence-electron chi connectivity index (χ4n) is 2.62. The maximum absolute atomic E-state index is 9.45. The Balaban J connectivity index is 1.59. The summed E-state index contributed by atoms with van der Waals surface area (Å²) in [6.07, 6.45) is 6.70. The monoisotopic (exact) mass is 243 g/mol. The van der Waals surface area contributed by atoms with Crippen molar-refractivity contribution in [3.8, 4) is 5.75 Å². The summed E-state index contributed by atoms with van der Waals surface area (Å²) in [6.45, 7) is 0.938. The van der Waals surface area contributed by atoms with E-state index >= 15 is 0 Å². The summed E-state index contributed by atoms with van der Waals surface area (Å²) in [5, 5.41) is 13.0. The van der Waals surface area contributed by atoms with E-state index in [0.29, 0.717) is 11.8 Å². The van der Waals surface area contributed by atoms with Gasteiger partial charge in [-0.15, -0.1) is 0 Å². The highest BCUT2D eigenvalue weighted by atomic mass is 16.3. The highest BCUT2D eigenvalue weighted by Crippen LogP contribution is 2.32.